The second kappa shape index (κ2) is 65.7. The number of unbranched alkanes of at least 4 members (excludes halogenated alkanes) is 3. The van der Waals surface area contributed by atoms with Gasteiger partial charge in [-0.2, -0.15) is 0 Å². The van der Waals surface area contributed by atoms with E-state index >= 15 is 0 Å². The van der Waals surface area contributed by atoms with Gasteiger partial charge < -0.3 is 139 Å². The van der Waals surface area contributed by atoms with Gasteiger partial charge in [-0.05, 0) is 209 Å². The molecule has 20 atom stereocenters. The van der Waals surface area contributed by atoms with E-state index in [2.05, 4.69) is 90.1 Å². The maximum absolute atomic E-state index is 14.9. The van der Waals surface area contributed by atoms with Gasteiger partial charge in [-0.3, -0.25) is 81.7 Å². The number of carboxylic acids is 1. The van der Waals surface area contributed by atoms with E-state index in [1.54, 1.807) is 125 Å². The third-order valence-electron chi connectivity index (χ3n) is 22.1. The van der Waals surface area contributed by atoms with Crippen LogP contribution in [-0.4, -0.2) is 280 Å². The SMILES string of the molecule is CCC(C)C(NC(=O)C(CC(C)C)NC(=O)C(CC(C)C)NC(=O)C(C)NC(=O)C(CC(C)C)NC(=O)C(O)CO)C(=O)NC(CCCN=C(N)N)C(=O)NC(CC(C)C)C(=O)NC(CC(C)C)C(=O)NC(C(=O)NC(CCCCN)C(=O)NC(CC(C)C)C(=O)NC(C(=O)NC(CC(C)C)C(=O)NC(C(=O)NC(CCCCN)C(=O)NC(CCCCN)C(=O)O)C(C)O)C(C)O)C(C)C. The molecule has 0 aromatic carbocycles. The molecule has 0 saturated carbocycles. The van der Waals surface area contributed by atoms with Crippen molar-refractivity contribution in [1.82, 2.24) is 85.1 Å². The molecule has 44 heteroatoms. The number of hydrogen-bond donors (Lipinski definition) is 26. The molecular weight excluding hydrogens is 1750 g/mol. The number of carbonyl (C=O) groups is 17. The molecule has 0 rings (SSSR count). The molecule has 135 heavy (non-hydrogen) atoms. The standard InChI is InChI=1S/C91H170N22O22/c1-22-54(18)71(111-82(126)66(42-50(10)11)107-79(123)63(39-47(4)5)103-74(118)55(19)98-78(122)62(38-46(2)3)108-85(129)69(117)45-114)87(131)100-60(33-29-37-97-91(95)96)77(121)104-64(40-48(6)7)80(124)106-65(41-49(8)9)81(125)110-70(53(16)17)86(130)99-59(31-24-27-35-93)76(120)105-67(43-51(12)13)83(127)113-73(57(21)116)89(133)109-68(44-52(14)15)84(128)112-72(56(20)115)88(132)101-58(30-23-26-34-92)75(119)102-61(90(134)135)32-25-28-36-94/h46-73,114-117H,22-45,92-94H2,1-21H3,(H,98,122)(H,99,130)(H,100,131)(H,101,132)(H,102,119)(H,103,118)(H,104,121)(H,105,120)(H,106,124)(H,107,123)(H,108,129)(H,109,133)(H,110,125)(H,111,126)(H,112,128)(H,113,127)(H,134,135)(H4,95,96,97). The molecule has 0 radical (unpaired) electrons. The highest BCUT2D eigenvalue weighted by Crippen LogP contribution is 2.20. The van der Waals surface area contributed by atoms with Crippen molar-refractivity contribution < 1.29 is 107 Å². The third kappa shape index (κ3) is 50.1. The fourth-order valence-electron chi connectivity index (χ4n) is 14.5. The number of guanidine groups is 1. The number of amides is 16. The van der Waals surface area contributed by atoms with Crippen molar-refractivity contribution in [3.8, 4) is 0 Å². The van der Waals surface area contributed by atoms with Crippen LogP contribution in [0, 0.1) is 53.3 Å². The van der Waals surface area contributed by atoms with Gasteiger partial charge in [0, 0.05) is 6.54 Å². The monoisotopic (exact) mass is 1920 g/mol. The van der Waals surface area contributed by atoms with E-state index in [0.717, 1.165) is 0 Å². The summed E-state index contributed by atoms with van der Waals surface area (Å²) < 4.78 is 0. The van der Waals surface area contributed by atoms with Crippen molar-refractivity contribution in [3.63, 3.8) is 0 Å². The van der Waals surface area contributed by atoms with Crippen molar-refractivity contribution in [2.24, 2.45) is 86.9 Å². The number of nitrogens with two attached hydrogens (primary N) is 5. The topological polar surface area (TPSA) is 726 Å². The Bertz CT molecular complexity index is 3750. The van der Waals surface area contributed by atoms with Crippen LogP contribution in [0.15, 0.2) is 4.99 Å². The molecular formula is C91H170N22O22. The van der Waals surface area contributed by atoms with Crippen molar-refractivity contribution in [2.45, 2.75) is 382 Å². The summed E-state index contributed by atoms with van der Waals surface area (Å²) in [5, 5.41) is 93.3. The number of hydrogen-bond acceptors (Lipinski definition) is 25. The first-order chi connectivity index (χ1) is 63.0. The van der Waals surface area contributed by atoms with Gasteiger partial charge >= 0.3 is 5.97 Å². The summed E-state index contributed by atoms with van der Waals surface area (Å²) in [4.78, 5) is 245. The molecule has 0 aliphatic heterocycles. The number of rotatable bonds is 69. The van der Waals surface area contributed by atoms with Gasteiger partial charge in [-0.1, -0.05) is 131 Å². The second-order valence-corrected chi connectivity index (χ2v) is 38.7. The van der Waals surface area contributed by atoms with Crippen LogP contribution in [0.3, 0.4) is 0 Å². The highest BCUT2D eigenvalue weighted by Gasteiger charge is 2.42. The summed E-state index contributed by atoms with van der Waals surface area (Å²) in [5.74, 6) is -19.0. The number of aliphatic carboxylic acids is 1. The molecule has 0 aromatic heterocycles. The fourth-order valence-corrected chi connectivity index (χ4v) is 14.5. The van der Waals surface area contributed by atoms with Gasteiger partial charge in [-0.25, -0.2) is 4.79 Å². The molecule has 0 fully saturated rings. The zero-order valence-corrected chi connectivity index (χ0v) is 83.6. The molecule has 44 nitrogen and oxygen atoms in total. The van der Waals surface area contributed by atoms with E-state index in [-0.39, 0.29) is 157 Å². The largest absolute Gasteiger partial charge is 0.480 e. The van der Waals surface area contributed by atoms with E-state index < -0.39 is 234 Å². The number of aliphatic hydroxyl groups excluding tert-OH is 4. The lowest BCUT2D eigenvalue weighted by Crippen LogP contribution is -2.63. The Hall–Kier alpha value is -10.0. The Morgan fingerprint density at radius 3 is 0.778 bits per heavy atom. The Morgan fingerprint density at radius 1 is 0.274 bits per heavy atom. The number of nitrogens with one attached hydrogen (secondary N) is 16. The number of carboxylic acid groups (broad SMARTS) is 1. The second-order valence-electron chi connectivity index (χ2n) is 38.7. The van der Waals surface area contributed by atoms with E-state index in [4.69, 9.17) is 28.7 Å². The number of aliphatic imine (C=N–C) groups is 1. The molecule has 0 spiro atoms. The molecule has 0 aliphatic rings. The molecule has 776 valence electrons. The summed E-state index contributed by atoms with van der Waals surface area (Å²) in [6.45, 7) is 34.9. The smallest absolute Gasteiger partial charge is 0.326 e. The summed E-state index contributed by atoms with van der Waals surface area (Å²) >= 11 is 0. The summed E-state index contributed by atoms with van der Waals surface area (Å²) in [6, 6.07) is -22.7. The van der Waals surface area contributed by atoms with Crippen LogP contribution in [-0.2, 0) is 81.5 Å². The van der Waals surface area contributed by atoms with Crippen molar-refractivity contribution in [1.29, 1.82) is 0 Å². The fraction of sp³-hybridized carbons (Fsp3) is 0.802. The normalized spacial score (nSPS) is 16.1. The summed E-state index contributed by atoms with van der Waals surface area (Å²) in [7, 11) is 0. The molecule has 0 bridgehead atoms. The minimum absolute atomic E-state index is 0.00665. The van der Waals surface area contributed by atoms with Crippen LogP contribution in [0.4, 0.5) is 0 Å². The summed E-state index contributed by atoms with van der Waals surface area (Å²) in [5.41, 5.74) is 28.5. The van der Waals surface area contributed by atoms with Gasteiger partial charge in [0.15, 0.2) is 12.1 Å². The summed E-state index contributed by atoms with van der Waals surface area (Å²) in [6.07, 6.45) is -2.63. The molecule has 20 unspecified atom stereocenters. The first kappa shape index (κ1) is 125. The van der Waals surface area contributed by atoms with Crippen molar-refractivity contribution in [2.75, 3.05) is 32.8 Å². The Kier molecular flexibility index (Phi) is 60.8. The molecule has 0 heterocycles. The minimum Gasteiger partial charge on any atom is -0.480 e. The predicted molar refractivity (Wildman–Crippen MR) is 510 cm³/mol. The third-order valence-corrected chi connectivity index (χ3v) is 22.1. The Morgan fingerprint density at radius 2 is 0.504 bits per heavy atom. The highest BCUT2D eigenvalue weighted by molar-refractivity contribution is 6.01. The van der Waals surface area contributed by atoms with Crippen molar-refractivity contribution >= 4 is 106 Å². The van der Waals surface area contributed by atoms with Crippen LogP contribution >= 0.6 is 0 Å². The number of carbonyl (C=O) groups excluding carboxylic acids is 16. The average Bonchev–Trinajstić information content (AvgIpc) is 0.852. The molecule has 0 aromatic rings. The molecule has 0 saturated heterocycles. The zero-order valence-electron chi connectivity index (χ0n) is 83.6. The number of aliphatic hydroxyl groups is 4. The van der Waals surface area contributed by atoms with E-state index in [9.17, 15) is 107 Å². The van der Waals surface area contributed by atoms with Gasteiger partial charge in [0.2, 0.25) is 88.6 Å². The Labute approximate surface area is 797 Å². The van der Waals surface area contributed by atoms with Crippen LogP contribution in [0.2, 0.25) is 0 Å². The maximum Gasteiger partial charge on any atom is 0.326 e. The van der Waals surface area contributed by atoms with Gasteiger partial charge in [0.1, 0.15) is 96.7 Å². The predicted octanol–water partition coefficient (Wildman–Crippen LogP) is -2.57. The number of nitrogens with zero attached hydrogens (tertiary/aromatic N) is 1. The zero-order chi connectivity index (χ0) is 104. The quantitative estimate of drug-likeness (QED) is 0.0169. The van der Waals surface area contributed by atoms with Crippen LogP contribution < -0.4 is 114 Å². The van der Waals surface area contributed by atoms with Gasteiger partial charge in [-0.15, -0.1) is 0 Å². The minimum atomic E-state index is -1.81. The van der Waals surface area contributed by atoms with E-state index in [0.29, 0.717) is 38.5 Å². The first-order valence-corrected chi connectivity index (χ1v) is 47.9. The molecule has 16 amide bonds. The van der Waals surface area contributed by atoms with Gasteiger partial charge in [0.05, 0.1) is 18.8 Å². The highest BCUT2D eigenvalue weighted by atomic mass is 16.4. The average molecular weight is 1920 g/mol. The first-order valence-electron chi connectivity index (χ1n) is 47.9. The van der Waals surface area contributed by atoms with Crippen LogP contribution in [0.1, 0.15) is 267 Å². The molecule has 0 aliphatic carbocycles. The van der Waals surface area contributed by atoms with Crippen LogP contribution in [0.5, 0.6) is 0 Å². The van der Waals surface area contributed by atoms with E-state index in [1.807, 2.05) is 0 Å². The maximum atomic E-state index is 14.9. The van der Waals surface area contributed by atoms with Crippen LogP contribution in [0.25, 0.3) is 0 Å². The Balaban J connectivity index is 7.34. The van der Waals surface area contributed by atoms with Crippen molar-refractivity contribution in [3.05, 3.63) is 0 Å². The van der Waals surface area contributed by atoms with Gasteiger partial charge in [0.25, 0.3) is 5.91 Å². The van der Waals surface area contributed by atoms with E-state index in [1.165, 1.54) is 20.8 Å². The lowest BCUT2D eigenvalue weighted by atomic mass is 9.95. The lowest BCUT2D eigenvalue weighted by Gasteiger charge is -2.31. The lowest BCUT2D eigenvalue weighted by molar-refractivity contribution is -0.142. The molecule has 31 N–H and O–H groups in total.